The molecule has 0 saturated heterocycles. The van der Waals surface area contributed by atoms with E-state index in [4.69, 9.17) is 14.2 Å². The lowest BCUT2D eigenvalue weighted by Crippen LogP contribution is -2.29. The largest absolute Gasteiger partial charge is 0.489 e. The molecule has 3 aromatic rings. The van der Waals surface area contributed by atoms with Gasteiger partial charge in [0, 0.05) is 20.5 Å². The first kappa shape index (κ1) is 25.6. The van der Waals surface area contributed by atoms with Gasteiger partial charge in [0.25, 0.3) is 5.95 Å². The van der Waals surface area contributed by atoms with Gasteiger partial charge in [-0.15, -0.1) is 5.10 Å². The highest BCUT2D eigenvalue weighted by Gasteiger charge is 2.28. The van der Waals surface area contributed by atoms with Gasteiger partial charge in [0.2, 0.25) is 5.89 Å². The van der Waals surface area contributed by atoms with E-state index in [1.54, 1.807) is 4.68 Å². The molecule has 1 N–H and O–H groups in total. The van der Waals surface area contributed by atoms with Crippen molar-refractivity contribution in [3.63, 3.8) is 0 Å². The highest BCUT2D eigenvalue weighted by Crippen LogP contribution is 2.30. The molecule has 0 aromatic carbocycles. The first-order chi connectivity index (χ1) is 17.2. The summed E-state index contributed by atoms with van der Waals surface area (Å²) < 4.78 is 13.3. The molecule has 36 heavy (non-hydrogen) atoms. The molecule has 1 aliphatic carbocycles. The van der Waals surface area contributed by atoms with Gasteiger partial charge < -0.3 is 19.3 Å². The quantitative estimate of drug-likeness (QED) is 0.441. The molecular weight excluding hydrogens is 462 g/mol. The summed E-state index contributed by atoms with van der Waals surface area (Å²) in [4.78, 5) is 22.5. The van der Waals surface area contributed by atoms with Crippen LogP contribution in [0.5, 0.6) is 5.75 Å². The summed E-state index contributed by atoms with van der Waals surface area (Å²) in [5, 5.41) is 22.0. The predicted octanol–water partition coefficient (Wildman–Crippen LogP) is 3.82. The zero-order valence-corrected chi connectivity index (χ0v) is 21.6. The Morgan fingerprint density at radius 1 is 1.31 bits per heavy atom. The summed E-state index contributed by atoms with van der Waals surface area (Å²) in [6.45, 7) is 6.69. The van der Waals surface area contributed by atoms with E-state index in [0.29, 0.717) is 54.3 Å². The average molecular weight is 498 g/mol. The molecule has 0 amide bonds. The molecule has 2 atom stereocenters. The molecule has 0 bridgehead atoms. The minimum absolute atomic E-state index is 0.118. The number of carboxylic acid groups (broad SMARTS) is 1. The highest BCUT2D eigenvalue weighted by atomic mass is 16.5. The second-order valence-corrected chi connectivity index (χ2v) is 10.0. The van der Waals surface area contributed by atoms with E-state index >= 15 is 0 Å². The number of nitrogens with zero attached hydrogens (tertiary/aromatic N) is 7. The van der Waals surface area contributed by atoms with Gasteiger partial charge in [-0.2, -0.15) is 4.98 Å². The van der Waals surface area contributed by atoms with Crippen LogP contribution in [-0.4, -0.2) is 54.3 Å². The maximum atomic E-state index is 11.4. The minimum atomic E-state index is -0.749. The van der Waals surface area contributed by atoms with Crippen molar-refractivity contribution in [2.45, 2.75) is 71.9 Å². The number of hydrogen-bond donors (Lipinski definition) is 1. The Labute approximate surface area is 210 Å². The van der Waals surface area contributed by atoms with Crippen LogP contribution in [0.1, 0.15) is 63.2 Å². The second-order valence-electron chi connectivity index (χ2n) is 10.0. The van der Waals surface area contributed by atoms with Gasteiger partial charge in [0.15, 0.2) is 0 Å². The number of aliphatic carboxylic acids is 1. The number of carboxylic acids is 1. The number of rotatable bonds is 10. The fourth-order valence-corrected chi connectivity index (χ4v) is 4.42. The number of ether oxygens (including phenoxy) is 1. The molecule has 1 aliphatic rings. The molecule has 0 aliphatic heterocycles. The van der Waals surface area contributed by atoms with Crippen molar-refractivity contribution in [1.82, 2.24) is 30.1 Å². The van der Waals surface area contributed by atoms with Crippen LogP contribution in [0, 0.1) is 18.8 Å². The van der Waals surface area contributed by atoms with Gasteiger partial charge in [-0.1, -0.05) is 19.1 Å². The molecule has 4 rings (SSSR count). The van der Waals surface area contributed by atoms with Gasteiger partial charge in [-0.25, -0.2) is 9.67 Å². The van der Waals surface area contributed by atoms with Crippen molar-refractivity contribution >= 4 is 11.9 Å². The smallest absolute Gasteiger partial charge is 0.306 e. The van der Waals surface area contributed by atoms with Crippen LogP contribution in [0.3, 0.4) is 0 Å². The van der Waals surface area contributed by atoms with Gasteiger partial charge in [-0.3, -0.25) is 4.79 Å². The van der Waals surface area contributed by atoms with Crippen LogP contribution in [0.4, 0.5) is 5.95 Å². The fraction of sp³-hybridized carbons (Fsp3) is 0.600. The van der Waals surface area contributed by atoms with Crippen LogP contribution in [0.15, 0.2) is 16.7 Å². The Kier molecular flexibility index (Phi) is 7.85. The van der Waals surface area contributed by atoms with E-state index in [1.807, 2.05) is 38.1 Å². The van der Waals surface area contributed by atoms with E-state index in [0.717, 1.165) is 37.1 Å². The SMILES string of the molecule is Cc1nc(-c2nnn(C)c2CN(C)c2noc(CCC(C)C)n2)ccc1O[C@H]1CCC[C@H](C(=O)O)C1. The standard InChI is InChI=1S/C25H35N7O4/c1-15(2)9-12-22-27-25(29-36-22)31(4)14-20-23(28-30-32(20)5)19-10-11-21(16(3)26-19)35-18-8-6-7-17(13-18)24(33)34/h10-11,15,17-18H,6-9,12-14H2,1-5H3,(H,33,34)/t17-,18-/m0/s1. The monoisotopic (exact) mass is 497 g/mol. The summed E-state index contributed by atoms with van der Waals surface area (Å²) in [6.07, 6.45) is 4.56. The minimum Gasteiger partial charge on any atom is -0.489 e. The zero-order chi connectivity index (χ0) is 25.8. The number of anilines is 1. The summed E-state index contributed by atoms with van der Waals surface area (Å²) in [5.41, 5.74) is 2.95. The average Bonchev–Trinajstić information content (AvgIpc) is 3.46. The molecule has 0 radical (unpaired) electrons. The molecule has 3 aromatic heterocycles. The van der Waals surface area contributed by atoms with Crippen molar-refractivity contribution in [2.24, 2.45) is 18.9 Å². The van der Waals surface area contributed by atoms with Crippen LogP contribution in [0.25, 0.3) is 11.4 Å². The van der Waals surface area contributed by atoms with Crippen molar-refractivity contribution in [3.8, 4) is 17.1 Å². The molecule has 194 valence electrons. The van der Waals surface area contributed by atoms with E-state index < -0.39 is 5.97 Å². The normalized spacial score (nSPS) is 17.9. The van der Waals surface area contributed by atoms with Gasteiger partial charge in [-0.05, 0) is 62.2 Å². The highest BCUT2D eigenvalue weighted by molar-refractivity contribution is 5.70. The Bertz CT molecular complexity index is 1190. The molecule has 1 fully saturated rings. The molecule has 11 heteroatoms. The fourth-order valence-electron chi connectivity index (χ4n) is 4.42. The van der Waals surface area contributed by atoms with Crippen LogP contribution >= 0.6 is 0 Å². The summed E-state index contributed by atoms with van der Waals surface area (Å²) in [7, 11) is 3.74. The topological polar surface area (TPSA) is 132 Å². The summed E-state index contributed by atoms with van der Waals surface area (Å²) in [6, 6.07) is 3.75. The molecule has 0 unspecified atom stereocenters. The molecule has 1 saturated carbocycles. The maximum Gasteiger partial charge on any atom is 0.306 e. The lowest BCUT2D eigenvalue weighted by atomic mass is 9.87. The summed E-state index contributed by atoms with van der Waals surface area (Å²) >= 11 is 0. The maximum absolute atomic E-state index is 11.4. The van der Waals surface area contributed by atoms with Crippen molar-refractivity contribution in [1.29, 1.82) is 0 Å². The van der Waals surface area contributed by atoms with E-state index in [9.17, 15) is 9.90 Å². The van der Waals surface area contributed by atoms with Gasteiger partial charge >= 0.3 is 5.97 Å². The van der Waals surface area contributed by atoms with E-state index in [1.165, 1.54) is 0 Å². The predicted molar refractivity (Wildman–Crippen MR) is 133 cm³/mol. The summed E-state index contributed by atoms with van der Waals surface area (Å²) in [5.74, 6) is 1.29. The Hall–Kier alpha value is -3.50. The number of pyridine rings is 1. The molecular formula is C25H35N7O4. The number of aromatic nitrogens is 6. The first-order valence-electron chi connectivity index (χ1n) is 12.5. The van der Waals surface area contributed by atoms with Gasteiger partial charge in [0.1, 0.15) is 11.4 Å². The first-order valence-corrected chi connectivity index (χ1v) is 12.5. The lowest BCUT2D eigenvalue weighted by Gasteiger charge is -2.27. The van der Waals surface area contributed by atoms with Crippen molar-refractivity contribution < 1.29 is 19.2 Å². The molecule has 11 nitrogen and oxygen atoms in total. The molecule has 0 spiro atoms. The Morgan fingerprint density at radius 3 is 2.83 bits per heavy atom. The van der Waals surface area contributed by atoms with E-state index in [-0.39, 0.29) is 12.0 Å². The number of carbonyl (C=O) groups is 1. The third-order valence-electron chi connectivity index (χ3n) is 6.61. The lowest BCUT2D eigenvalue weighted by molar-refractivity contribution is -0.143. The number of aryl methyl sites for hydroxylation is 3. The van der Waals surface area contributed by atoms with Crippen LogP contribution < -0.4 is 9.64 Å². The third kappa shape index (κ3) is 6.00. The molecule has 3 heterocycles. The zero-order valence-electron chi connectivity index (χ0n) is 21.6. The number of hydrogen-bond acceptors (Lipinski definition) is 9. The van der Waals surface area contributed by atoms with Crippen molar-refractivity contribution in [3.05, 3.63) is 29.4 Å². The third-order valence-corrected chi connectivity index (χ3v) is 6.61. The van der Waals surface area contributed by atoms with Crippen molar-refractivity contribution in [2.75, 3.05) is 11.9 Å². The van der Waals surface area contributed by atoms with Crippen LogP contribution in [0.2, 0.25) is 0 Å². The van der Waals surface area contributed by atoms with Gasteiger partial charge in [0.05, 0.1) is 35.6 Å². The van der Waals surface area contributed by atoms with Crippen LogP contribution in [-0.2, 0) is 24.8 Å². The Morgan fingerprint density at radius 2 is 2.11 bits per heavy atom. The van der Waals surface area contributed by atoms with E-state index in [2.05, 4.69) is 34.3 Å². The second kappa shape index (κ2) is 11.0. The Balaban J connectivity index is 1.46.